The highest BCUT2D eigenvalue weighted by atomic mass is 16.8. The Morgan fingerprint density at radius 2 is 1.13 bits per heavy atom. The second kappa shape index (κ2) is 13.8. The lowest BCUT2D eigenvalue weighted by molar-refractivity contribution is -0.348. The van der Waals surface area contributed by atoms with Gasteiger partial charge in [0.15, 0.2) is 12.4 Å². The van der Waals surface area contributed by atoms with Gasteiger partial charge in [-0.25, -0.2) is 9.59 Å². The zero-order valence-corrected chi connectivity index (χ0v) is 24.6. The normalized spacial score (nSPS) is 24.0. The molecule has 0 bridgehead atoms. The van der Waals surface area contributed by atoms with Gasteiger partial charge in [0.25, 0.3) is 0 Å². The highest BCUT2D eigenvalue weighted by molar-refractivity contribution is 5.90. The zero-order valence-electron chi connectivity index (χ0n) is 24.6. The number of carbonyl (C=O) groups is 2. The molecule has 0 spiro atoms. The predicted molar refractivity (Wildman–Crippen MR) is 160 cm³/mol. The first-order chi connectivity index (χ1) is 22.0. The molecule has 4 aromatic rings. The third kappa shape index (κ3) is 6.93. The van der Waals surface area contributed by atoms with Crippen molar-refractivity contribution in [3.8, 4) is 17.2 Å². The van der Waals surface area contributed by atoms with Crippen LogP contribution in [0.25, 0.3) is 0 Å². The van der Waals surface area contributed by atoms with Crippen molar-refractivity contribution in [1.82, 2.24) is 0 Å². The molecule has 2 fully saturated rings. The van der Waals surface area contributed by atoms with E-state index < -0.39 is 48.9 Å². The van der Waals surface area contributed by atoms with Crippen LogP contribution in [0, 0.1) is 0 Å². The molecule has 2 aliphatic rings. The van der Waals surface area contributed by atoms with Crippen LogP contribution in [0.15, 0.2) is 109 Å². The van der Waals surface area contributed by atoms with E-state index in [1.165, 1.54) is 0 Å². The summed E-state index contributed by atoms with van der Waals surface area (Å²) in [5, 5.41) is 0. The fourth-order valence-electron chi connectivity index (χ4n) is 5.15. The number of benzene rings is 4. The molecule has 2 aliphatic heterocycles. The monoisotopic (exact) mass is 612 g/mol. The van der Waals surface area contributed by atoms with Gasteiger partial charge in [-0.3, -0.25) is 0 Å². The largest absolute Gasteiger partial charge is 0.497 e. The summed E-state index contributed by atoms with van der Waals surface area (Å²) in [5.74, 6) is 0.454. The van der Waals surface area contributed by atoms with Crippen LogP contribution in [0.1, 0.15) is 32.6 Å². The van der Waals surface area contributed by atoms with Crippen LogP contribution in [0.4, 0.5) is 0 Å². The second-order valence-electron chi connectivity index (χ2n) is 10.3. The van der Waals surface area contributed by atoms with Gasteiger partial charge in [0.05, 0.1) is 32.0 Å². The molecule has 0 unspecified atom stereocenters. The molecule has 0 amide bonds. The van der Waals surface area contributed by atoms with Crippen LogP contribution in [0.3, 0.4) is 0 Å². The molecule has 4 aromatic carbocycles. The molecule has 2 heterocycles. The van der Waals surface area contributed by atoms with Crippen LogP contribution >= 0.6 is 0 Å². The molecule has 0 saturated carbocycles. The maximum atomic E-state index is 13.5. The molecule has 6 atom stereocenters. The van der Waals surface area contributed by atoms with Crippen molar-refractivity contribution in [2.75, 3.05) is 20.8 Å². The van der Waals surface area contributed by atoms with Gasteiger partial charge in [0, 0.05) is 5.56 Å². The smallest absolute Gasteiger partial charge is 0.338 e. The summed E-state index contributed by atoms with van der Waals surface area (Å²) in [4.78, 5) is 26.9. The van der Waals surface area contributed by atoms with Crippen molar-refractivity contribution in [3.63, 3.8) is 0 Å². The summed E-state index contributed by atoms with van der Waals surface area (Å²) >= 11 is 0. The number of ether oxygens (including phenoxy) is 8. The minimum atomic E-state index is -1.23. The number of carbonyl (C=O) groups excluding carboxylic acids is 2. The molecule has 6 rings (SSSR count). The zero-order chi connectivity index (χ0) is 31.2. The molecule has 0 aliphatic carbocycles. The van der Waals surface area contributed by atoms with E-state index in [0.29, 0.717) is 28.4 Å². The van der Waals surface area contributed by atoms with Crippen LogP contribution < -0.4 is 14.2 Å². The average molecular weight is 613 g/mol. The van der Waals surface area contributed by atoms with Gasteiger partial charge in [-0.15, -0.1) is 0 Å². The lowest BCUT2D eigenvalue weighted by Gasteiger charge is -2.48. The second-order valence-corrected chi connectivity index (χ2v) is 10.3. The van der Waals surface area contributed by atoms with Crippen molar-refractivity contribution in [2.45, 2.75) is 37.0 Å². The highest BCUT2D eigenvalue weighted by Crippen LogP contribution is 2.38. The molecular formula is C35H32O10. The van der Waals surface area contributed by atoms with Crippen LogP contribution in [-0.2, 0) is 23.7 Å². The van der Waals surface area contributed by atoms with Gasteiger partial charge in [0.1, 0.15) is 29.5 Å². The molecule has 0 radical (unpaired) electrons. The van der Waals surface area contributed by atoms with E-state index in [4.69, 9.17) is 37.9 Å². The Hall–Kier alpha value is -4.90. The fraction of sp³-hybridized carbons (Fsp3) is 0.257. The third-order valence-corrected chi connectivity index (χ3v) is 7.49. The highest BCUT2D eigenvalue weighted by Gasteiger charge is 2.55. The van der Waals surface area contributed by atoms with Gasteiger partial charge >= 0.3 is 11.9 Å². The van der Waals surface area contributed by atoms with E-state index in [9.17, 15) is 9.59 Å². The summed E-state index contributed by atoms with van der Waals surface area (Å²) in [6.45, 7) is 0.0859. The lowest BCUT2D eigenvalue weighted by Crippen LogP contribution is -2.65. The van der Waals surface area contributed by atoms with Gasteiger partial charge in [-0.1, -0.05) is 48.5 Å². The lowest BCUT2D eigenvalue weighted by atomic mass is 9.96. The Labute approximate surface area is 260 Å². The molecule has 10 nitrogen and oxygen atoms in total. The van der Waals surface area contributed by atoms with Crippen LogP contribution in [0.2, 0.25) is 0 Å². The first-order valence-corrected chi connectivity index (χ1v) is 14.4. The Kier molecular flexibility index (Phi) is 9.25. The maximum Gasteiger partial charge on any atom is 0.338 e. The minimum absolute atomic E-state index is 0.0859. The predicted octanol–water partition coefficient (Wildman–Crippen LogP) is 5.37. The van der Waals surface area contributed by atoms with E-state index in [-0.39, 0.29) is 6.61 Å². The van der Waals surface area contributed by atoms with Crippen molar-refractivity contribution in [1.29, 1.82) is 0 Å². The van der Waals surface area contributed by atoms with Gasteiger partial charge < -0.3 is 37.9 Å². The van der Waals surface area contributed by atoms with E-state index in [0.717, 1.165) is 5.56 Å². The molecule has 10 heteroatoms. The summed E-state index contributed by atoms with van der Waals surface area (Å²) in [6, 6.07) is 31.1. The van der Waals surface area contributed by atoms with E-state index >= 15 is 0 Å². The standard InChI is InChI=1S/C35H32O10/c1-38-25-15-13-24(14-16-25)34-40-21-28-29(45-34)30(43-32(36)22-9-5-3-6-10-22)31(44-33(37)23-11-7-4-8-12-23)35(42-28)41-27-19-17-26(39-2)18-20-27/h3-20,28-31,34-35H,21H2,1-2H3/t28-,29+,30+,31-,34+,35-/m1/s1. The Morgan fingerprint density at radius 3 is 1.69 bits per heavy atom. The van der Waals surface area contributed by atoms with Crippen molar-refractivity contribution in [3.05, 3.63) is 126 Å². The SMILES string of the molecule is COc1ccc(O[C@@H]2O[C@@H]3CO[C@H](c4ccc(OC)cc4)O[C@@H]3[C@H](OC(=O)c3ccccc3)[C@H]2OC(=O)c2ccccc2)cc1. The minimum Gasteiger partial charge on any atom is -0.497 e. The Morgan fingerprint density at radius 1 is 0.622 bits per heavy atom. The van der Waals surface area contributed by atoms with Crippen molar-refractivity contribution >= 4 is 11.9 Å². The van der Waals surface area contributed by atoms with Crippen LogP contribution in [-0.4, -0.2) is 63.5 Å². The number of methoxy groups -OCH3 is 2. The Bertz CT molecular complexity index is 1560. The average Bonchev–Trinajstić information content (AvgIpc) is 3.10. The van der Waals surface area contributed by atoms with E-state index in [2.05, 4.69) is 0 Å². The third-order valence-electron chi connectivity index (χ3n) is 7.49. The summed E-state index contributed by atoms with van der Waals surface area (Å²) in [5.41, 5.74) is 1.34. The summed E-state index contributed by atoms with van der Waals surface area (Å²) in [7, 11) is 3.15. The molecule has 0 aromatic heterocycles. The van der Waals surface area contributed by atoms with Crippen LogP contribution in [0.5, 0.6) is 17.2 Å². The van der Waals surface area contributed by atoms with Crippen molar-refractivity contribution in [2.24, 2.45) is 0 Å². The number of hydrogen-bond donors (Lipinski definition) is 0. The van der Waals surface area contributed by atoms with Gasteiger partial charge in [0.2, 0.25) is 12.4 Å². The maximum absolute atomic E-state index is 13.5. The number of fused-ring (bicyclic) bond motifs is 1. The molecule has 232 valence electrons. The summed E-state index contributed by atoms with van der Waals surface area (Å²) < 4.78 is 47.8. The van der Waals surface area contributed by atoms with E-state index in [1.54, 1.807) is 111 Å². The Balaban J connectivity index is 1.35. The topological polar surface area (TPSA) is 108 Å². The first kappa shape index (κ1) is 30.1. The molecule has 0 N–H and O–H groups in total. The number of hydrogen-bond acceptors (Lipinski definition) is 10. The molecule has 2 saturated heterocycles. The molecule has 45 heavy (non-hydrogen) atoms. The molecular weight excluding hydrogens is 580 g/mol. The van der Waals surface area contributed by atoms with E-state index in [1.807, 2.05) is 12.1 Å². The van der Waals surface area contributed by atoms with Gasteiger partial charge in [-0.05, 0) is 60.7 Å². The van der Waals surface area contributed by atoms with Crippen molar-refractivity contribution < 1.29 is 47.5 Å². The first-order valence-electron chi connectivity index (χ1n) is 14.4. The number of rotatable bonds is 9. The van der Waals surface area contributed by atoms with Gasteiger partial charge in [-0.2, -0.15) is 0 Å². The summed E-state index contributed by atoms with van der Waals surface area (Å²) in [6.07, 6.45) is -6.00. The number of esters is 2. The quantitative estimate of drug-likeness (QED) is 0.229. The fourth-order valence-corrected chi connectivity index (χ4v) is 5.15.